The lowest BCUT2D eigenvalue weighted by Crippen LogP contribution is -2.20. The van der Waals surface area contributed by atoms with Gasteiger partial charge in [-0.2, -0.15) is 0 Å². The van der Waals surface area contributed by atoms with Crippen molar-refractivity contribution in [3.05, 3.63) is 53.1 Å². The molecule has 0 unspecified atom stereocenters. The Morgan fingerprint density at radius 2 is 1.87 bits per heavy atom. The lowest BCUT2D eigenvalue weighted by atomic mass is 10.2. The van der Waals surface area contributed by atoms with Gasteiger partial charge in [-0.3, -0.25) is 4.79 Å². The van der Waals surface area contributed by atoms with Gasteiger partial charge in [-0.05, 0) is 42.5 Å². The topological polar surface area (TPSA) is 90.6 Å². The molecule has 0 saturated carbocycles. The fourth-order valence-corrected chi connectivity index (χ4v) is 1.87. The zero-order valence-electron chi connectivity index (χ0n) is 12.3. The van der Waals surface area contributed by atoms with Crippen LogP contribution in [0.15, 0.2) is 42.5 Å². The molecule has 120 valence electrons. The number of halogens is 1. The summed E-state index contributed by atoms with van der Waals surface area (Å²) < 4.78 is 9.95. The van der Waals surface area contributed by atoms with E-state index in [0.717, 1.165) is 0 Å². The van der Waals surface area contributed by atoms with Gasteiger partial charge in [0, 0.05) is 5.69 Å². The van der Waals surface area contributed by atoms with Crippen molar-refractivity contribution in [2.24, 2.45) is 0 Å². The third kappa shape index (κ3) is 4.62. The number of esters is 1. The van der Waals surface area contributed by atoms with Gasteiger partial charge in [-0.1, -0.05) is 11.6 Å². The summed E-state index contributed by atoms with van der Waals surface area (Å²) in [7, 11) is 1.55. The quantitative estimate of drug-likeness (QED) is 0.648. The van der Waals surface area contributed by atoms with Crippen LogP contribution in [0.25, 0.3) is 0 Å². The zero-order valence-corrected chi connectivity index (χ0v) is 13.1. The van der Waals surface area contributed by atoms with Gasteiger partial charge in [-0.15, -0.1) is 0 Å². The number of amides is 1. The number of methoxy groups -OCH3 is 1. The van der Waals surface area contributed by atoms with E-state index < -0.39 is 18.5 Å². The molecule has 0 bridgehead atoms. The number of ether oxygens (including phenoxy) is 2. The first-order valence-corrected chi connectivity index (χ1v) is 7.03. The summed E-state index contributed by atoms with van der Waals surface area (Å²) in [5.74, 6) is -0.432. The van der Waals surface area contributed by atoms with Crippen molar-refractivity contribution in [2.75, 3.05) is 24.8 Å². The monoisotopic (exact) mass is 334 g/mol. The fourth-order valence-electron chi connectivity index (χ4n) is 1.76. The Hall–Kier alpha value is -2.73. The maximum absolute atomic E-state index is 11.8. The highest BCUT2D eigenvalue weighted by molar-refractivity contribution is 6.33. The number of hydrogen-bond acceptors (Lipinski definition) is 5. The Morgan fingerprint density at radius 1 is 1.17 bits per heavy atom. The van der Waals surface area contributed by atoms with Gasteiger partial charge in [0.25, 0.3) is 5.91 Å². The molecule has 2 aromatic carbocycles. The maximum Gasteiger partial charge on any atom is 0.338 e. The van der Waals surface area contributed by atoms with Gasteiger partial charge in [-0.25, -0.2) is 4.79 Å². The Bertz CT molecular complexity index is 717. The second-order valence-corrected chi connectivity index (χ2v) is 5.00. The molecule has 2 aromatic rings. The summed E-state index contributed by atoms with van der Waals surface area (Å²) >= 11 is 5.77. The van der Waals surface area contributed by atoms with Crippen LogP contribution in [0.1, 0.15) is 10.4 Å². The lowest BCUT2D eigenvalue weighted by Gasteiger charge is -2.08. The molecule has 0 atom stereocenters. The molecule has 0 aromatic heterocycles. The standard InChI is InChI=1S/C16H15ClN2O4/c1-22-12-5-3-11(4-6-12)19-15(20)9-23-16(21)10-2-7-13(17)14(18)8-10/h2-8H,9,18H2,1H3,(H,19,20). The van der Waals surface area contributed by atoms with Gasteiger partial charge in [0.15, 0.2) is 6.61 Å². The molecule has 0 fully saturated rings. The molecule has 23 heavy (non-hydrogen) atoms. The third-order valence-electron chi connectivity index (χ3n) is 2.94. The van der Waals surface area contributed by atoms with E-state index in [9.17, 15) is 9.59 Å². The smallest absolute Gasteiger partial charge is 0.338 e. The molecule has 0 radical (unpaired) electrons. The van der Waals surface area contributed by atoms with Gasteiger partial charge in [0.1, 0.15) is 5.75 Å². The van der Waals surface area contributed by atoms with Crippen LogP contribution in [0, 0.1) is 0 Å². The Labute approximate surface area is 138 Å². The first kappa shape index (κ1) is 16.6. The highest BCUT2D eigenvalue weighted by atomic mass is 35.5. The minimum atomic E-state index is -0.654. The summed E-state index contributed by atoms with van der Waals surface area (Å²) in [5, 5.41) is 2.95. The van der Waals surface area contributed by atoms with E-state index in [1.165, 1.54) is 18.2 Å². The second kappa shape index (κ2) is 7.51. The molecule has 3 N–H and O–H groups in total. The van der Waals surface area contributed by atoms with E-state index in [2.05, 4.69) is 5.32 Å². The van der Waals surface area contributed by atoms with Crippen LogP contribution in [0.3, 0.4) is 0 Å². The van der Waals surface area contributed by atoms with Crippen molar-refractivity contribution in [3.63, 3.8) is 0 Å². The number of hydrogen-bond donors (Lipinski definition) is 2. The molecule has 6 nitrogen and oxygen atoms in total. The number of carbonyl (C=O) groups excluding carboxylic acids is 2. The van der Waals surface area contributed by atoms with E-state index in [0.29, 0.717) is 16.5 Å². The van der Waals surface area contributed by atoms with Crippen LogP contribution in [0.2, 0.25) is 5.02 Å². The van der Waals surface area contributed by atoms with E-state index in [1.807, 2.05) is 0 Å². The van der Waals surface area contributed by atoms with Gasteiger partial charge >= 0.3 is 5.97 Å². The van der Waals surface area contributed by atoms with Crippen LogP contribution in [0.4, 0.5) is 11.4 Å². The summed E-state index contributed by atoms with van der Waals surface area (Å²) in [6.45, 7) is -0.409. The Kier molecular flexibility index (Phi) is 5.43. The summed E-state index contributed by atoms with van der Waals surface area (Å²) in [6.07, 6.45) is 0. The number of benzene rings is 2. The van der Waals surface area contributed by atoms with Gasteiger partial charge in [0.2, 0.25) is 0 Å². The van der Waals surface area contributed by atoms with Crippen molar-refractivity contribution >= 4 is 34.9 Å². The van der Waals surface area contributed by atoms with Crippen LogP contribution in [-0.4, -0.2) is 25.6 Å². The summed E-state index contributed by atoms with van der Waals surface area (Å²) in [5.41, 5.74) is 6.68. The van der Waals surface area contributed by atoms with Crippen molar-refractivity contribution in [3.8, 4) is 5.75 Å². The van der Waals surface area contributed by atoms with Crippen LogP contribution in [-0.2, 0) is 9.53 Å². The largest absolute Gasteiger partial charge is 0.497 e. The van der Waals surface area contributed by atoms with Crippen LogP contribution in [0.5, 0.6) is 5.75 Å². The molecular weight excluding hydrogens is 320 g/mol. The summed E-state index contributed by atoms with van der Waals surface area (Å²) in [6, 6.07) is 11.1. The van der Waals surface area contributed by atoms with Crippen molar-refractivity contribution in [1.29, 1.82) is 0 Å². The Morgan fingerprint density at radius 3 is 2.48 bits per heavy atom. The first-order chi connectivity index (χ1) is 11.0. The van der Waals surface area contributed by atoms with Crippen LogP contribution >= 0.6 is 11.6 Å². The van der Waals surface area contributed by atoms with Gasteiger partial charge < -0.3 is 20.5 Å². The van der Waals surface area contributed by atoms with Gasteiger partial charge in [0.05, 0.1) is 23.4 Å². The molecule has 0 aliphatic carbocycles. The van der Waals surface area contributed by atoms with Crippen molar-refractivity contribution in [1.82, 2.24) is 0 Å². The van der Waals surface area contributed by atoms with Crippen molar-refractivity contribution in [2.45, 2.75) is 0 Å². The van der Waals surface area contributed by atoms with E-state index in [4.69, 9.17) is 26.8 Å². The number of nitrogen functional groups attached to an aromatic ring is 1. The number of carbonyl (C=O) groups is 2. The summed E-state index contributed by atoms with van der Waals surface area (Å²) in [4.78, 5) is 23.6. The minimum absolute atomic E-state index is 0.226. The Balaban J connectivity index is 1.87. The minimum Gasteiger partial charge on any atom is -0.497 e. The molecule has 0 heterocycles. The predicted molar refractivity (Wildman–Crippen MR) is 87.8 cm³/mol. The molecule has 0 aliphatic rings. The number of rotatable bonds is 5. The van der Waals surface area contributed by atoms with Crippen LogP contribution < -0.4 is 15.8 Å². The molecule has 0 aliphatic heterocycles. The molecular formula is C16H15ClN2O4. The molecule has 1 amide bonds. The maximum atomic E-state index is 11.8. The SMILES string of the molecule is COc1ccc(NC(=O)COC(=O)c2ccc(Cl)c(N)c2)cc1. The molecule has 7 heteroatoms. The first-order valence-electron chi connectivity index (χ1n) is 6.65. The number of nitrogens with one attached hydrogen (secondary N) is 1. The lowest BCUT2D eigenvalue weighted by molar-refractivity contribution is -0.119. The average Bonchev–Trinajstić information content (AvgIpc) is 2.56. The fraction of sp³-hybridized carbons (Fsp3) is 0.125. The molecule has 0 saturated heterocycles. The van der Waals surface area contributed by atoms with Crippen molar-refractivity contribution < 1.29 is 19.1 Å². The highest BCUT2D eigenvalue weighted by Gasteiger charge is 2.11. The van der Waals surface area contributed by atoms with E-state index in [-0.39, 0.29) is 11.3 Å². The normalized spacial score (nSPS) is 10.0. The average molecular weight is 335 g/mol. The van der Waals surface area contributed by atoms with E-state index >= 15 is 0 Å². The number of nitrogens with two attached hydrogens (primary N) is 1. The predicted octanol–water partition coefficient (Wildman–Crippen LogP) is 2.73. The zero-order chi connectivity index (χ0) is 16.8. The third-order valence-corrected chi connectivity index (χ3v) is 3.28. The number of anilines is 2. The highest BCUT2D eigenvalue weighted by Crippen LogP contribution is 2.20. The second-order valence-electron chi connectivity index (χ2n) is 4.59. The molecule has 0 spiro atoms. The molecule has 2 rings (SSSR count). The van der Waals surface area contributed by atoms with E-state index in [1.54, 1.807) is 31.4 Å².